The van der Waals surface area contributed by atoms with E-state index in [2.05, 4.69) is 15.6 Å². The van der Waals surface area contributed by atoms with E-state index in [9.17, 15) is 32.3 Å². The molecule has 0 radical (unpaired) electrons. The Morgan fingerprint density at radius 2 is 1.74 bits per heavy atom. The first-order valence-electron chi connectivity index (χ1n) is 12.5. The number of alkyl halides is 3. The lowest BCUT2D eigenvalue weighted by Crippen LogP contribution is -2.40. The van der Waals surface area contributed by atoms with E-state index in [1.807, 2.05) is 11.8 Å². The van der Waals surface area contributed by atoms with Gasteiger partial charge >= 0.3 is 6.18 Å². The van der Waals surface area contributed by atoms with Crippen molar-refractivity contribution in [3.63, 3.8) is 0 Å². The van der Waals surface area contributed by atoms with Gasteiger partial charge in [-0.2, -0.15) is 24.9 Å². The van der Waals surface area contributed by atoms with Crippen molar-refractivity contribution < 1.29 is 37.0 Å². The van der Waals surface area contributed by atoms with Crippen LogP contribution in [0.25, 0.3) is 0 Å². The molecular weight excluding hydrogens is 526 g/mol. The second kappa shape index (κ2) is 12.2. The Morgan fingerprint density at radius 3 is 2.42 bits per heavy atom. The van der Waals surface area contributed by atoms with Gasteiger partial charge in [0.25, 0.3) is 11.8 Å². The van der Waals surface area contributed by atoms with Crippen LogP contribution in [-0.2, 0) is 6.18 Å². The average molecular weight is 556 g/mol. The van der Waals surface area contributed by atoms with Gasteiger partial charge < -0.3 is 20.5 Å². The summed E-state index contributed by atoms with van der Waals surface area (Å²) in [5, 5.41) is 15.4. The van der Waals surface area contributed by atoms with E-state index in [1.165, 1.54) is 0 Å². The molecule has 0 atom stereocenters. The third-order valence-corrected chi connectivity index (χ3v) is 7.86. The number of thioether (sulfide) groups is 1. The van der Waals surface area contributed by atoms with Crippen molar-refractivity contribution in [2.24, 2.45) is 5.92 Å². The van der Waals surface area contributed by atoms with E-state index in [-0.39, 0.29) is 29.5 Å². The second-order valence-electron chi connectivity index (χ2n) is 9.57. The summed E-state index contributed by atoms with van der Waals surface area (Å²) < 4.78 is 58.7. The SMILES string of the molecule is O=C(NC1CCC(CNC(=O)c2cc(F)cnc2OC2CCSCC2)CC1)c1cc(C(F)(F)F)ccc1O. The van der Waals surface area contributed by atoms with Crippen LogP contribution in [0.15, 0.2) is 30.5 Å². The molecule has 1 saturated heterocycles. The fraction of sp³-hybridized carbons (Fsp3) is 0.500. The number of rotatable bonds is 7. The van der Waals surface area contributed by atoms with Gasteiger partial charge in [-0.3, -0.25) is 9.59 Å². The topological polar surface area (TPSA) is 101 Å². The summed E-state index contributed by atoms with van der Waals surface area (Å²) in [6.45, 7) is 0.337. The highest BCUT2D eigenvalue weighted by molar-refractivity contribution is 7.99. The summed E-state index contributed by atoms with van der Waals surface area (Å²) in [6, 6.07) is 3.05. The molecule has 206 valence electrons. The van der Waals surface area contributed by atoms with Gasteiger partial charge in [0, 0.05) is 12.6 Å². The van der Waals surface area contributed by atoms with Crippen LogP contribution in [0.5, 0.6) is 11.6 Å². The molecule has 1 aromatic carbocycles. The van der Waals surface area contributed by atoms with Gasteiger partial charge in [0.2, 0.25) is 5.88 Å². The number of phenols is 1. The number of pyridine rings is 1. The number of phenolic OH excluding ortho intramolecular Hbond substituents is 1. The summed E-state index contributed by atoms with van der Waals surface area (Å²) in [5.74, 6) is -0.273. The fourth-order valence-corrected chi connectivity index (χ4v) is 5.70. The Labute approximate surface area is 221 Å². The van der Waals surface area contributed by atoms with Crippen molar-refractivity contribution in [2.75, 3.05) is 18.1 Å². The predicted octanol–water partition coefficient (Wildman–Crippen LogP) is 4.94. The smallest absolute Gasteiger partial charge is 0.416 e. The maximum absolute atomic E-state index is 13.8. The molecule has 0 unspecified atom stereocenters. The monoisotopic (exact) mass is 555 g/mol. The molecule has 1 aromatic heterocycles. The molecule has 1 aliphatic heterocycles. The van der Waals surface area contributed by atoms with Gasteiger partial charge in [-0.25, -0.2) is 9.37 Å². The number of amides is 2. The van der Waals surface area contributed by atoms with E-state index in [1.54, 1.807) is 0 Å². The summed E-state index contributed by atoms with van der Waals surface area (Å²) in [4.78, 5) is 29.3. The van der Waals surface area contributed by atoms with Crippen molar-refractivity contribution in [1.29, 1.82) is 0 Å². The van der Waals surface area contributed by atoms with Crippen molar-refractivity contribution in [1.82, 2.24) is 15.6 Å². The van der Waals surface area contributed by atoms with Crippen molar-refractivity contribution in [2.45, 2.75) is 56.8 Å². The molecule has 3 N–H and O–H groups in total. The van der Waals surface area contributed by atoms with Gasteiger partial charge in [-0.1, -0.05) is 0 Å². The Bertz CT molecular complexity index is 1150. The van der Waals surface area contributed by atoms with Crippen molar-refractivity contribution in [3.8, 4) is 11.6 Å². The normalized spacial score (nSPS) is 20.5. The van der Waals surface area contributed by atoms with Crippen LogP contribution < -0.4 is 15.4 Å². The summed E-state index contributed by atoms with van der Waals surface area (Å²) >= 11 is 1.84. The van der Waals surface area contributed by atoms with E-state index >= 15 is 0 Å². The van der Waals surface area contributed by atoms with Gasteiger partial charge in [0.1, 0.15) is 23.2 Å². The van der Waals surface area contributed by atoms with Gasteiger partial charge in [0.05, 0.1) is 17.3 Å². The highest BCUT2D eigenvalue weighted by Gasteiger charge is 2.32. The van der Waals surface area contributed by atoms with Crippen molar-refractivity contribution >= 4 is 23.6 Å². The van der Waals surface area contributed by atoms with Gasteiger partial charge in [-0.15, -0.1) is 0 Å². The van der Waals surface area contributed by atoms with Crippen LogP contribution >= 0.6 is 11.8 Å². The highest BCUT2D eigenvalue weighted by Crippen LogP contribution is 2.33. The zero-order valence-electron chi connectivity index (χ0n) is 20.5. The number of halogens is 4. The van der Waals surface area contributed by atoms with E-state index in [0.29, 0.717) is 38.3 Å². The third kappa shape index (κ3) is 7.30. The Balaban J connectivity index is 1.27. The van der Waals surface area contributed by atoms with Crippen molar-refractivity contribution in [3.05, 3.63) is 53.0 Å². The first kappa shape index (κ1) is 28.0. The molecule has 2 amide bonds. The fourth-order valence-electron chi connectivity index (χ4n) is 4.64. The molecule has 2 heterocycles. The number of aromatic hydroxyl groups is 1. The van der Waals surface area contributed by atoms with E-state index < -0.39 is 40.7 Å². The van der Waals surface area contributed by atoms with Crippen LogP contribution in [0.1, 0.15) is 64.8 Å². The first-order valence-corrected chi connectivity index (χ1v) is 13.6. The molecule has 0 bridgehead atoms. The molecule has 1 saturated carbocycles. The lowest BCUT2D eigenvalue weighted by molar-refractivity contribution is -0.137. The molecule has 38 heavy (non-hydrogen) atoms. The predicted molar refractivity (Wildman–Crippen MR) is 134 cm³/mol. The number of hydrogen-bond acceptors (Lipinski definition) is 6. The highest BCUT2D eigenvalue weighted by atomic mass is 32.2. The average Bonchev–Trinajstić information content (AvgIpc) is 2.89. The quantitative estimate of drug-likeness (QED) is 0.419. The summed E-state index contributed by atoms with van der Waals surface area (Å²) in [5.41, 5.74) is -1.40. The molecular formula is C26H29F4N3O4S. The third-order valence-electron chi connectivity index (χ3n) is 6.81. The number of benzene rings is 1. The number of nitrogens with one attached hydrogen (secondary N) is 2. The molecule has 2 fully saturated rings. The van der Waals surface area contributed by atoms with E-state index in [0.717, 1.165) is 48.7 Å². The first-order chi connectivity index (χ1) is 18.1. The molecule has 0 spiro atoms. The minimum atomic E-state index is -4.63. The largest absolute Gasteiger partial charge is 0.507 e. The summed E-state index contributed by atoms with van der Waals surface area (Å²) in [6.07, 6.45) is 0.421. The van der Waals surface area contributed by atoms with E-state index in [4.69, 9.17) is 4.74 Å². The number of aromatic nitrogens is 1. The number of carbonyl (C=O) groups is 2. The zero-order chi connectivity index (χ0) is 27.3. The molecule has 12 heteroatoms. The van der Waals surface area contributed by atoms with Crippen LogP contribution in [0, 0.1) is 11.7 Å². The van der Waals surface area contributed by atoms with Crippen LogP contribution in [-0.4, -0.2) is 52.1 Å². The van der Waals surface area contributed by atoms with Gasteiger partial charge in [-0.05, 0) is 80.2 Å². The molecule has 7 nitrogen and oxygen atoms in total. The Hall–Kier alpha value is -3.02. The minimum Gasteiger partial charge on any atom is -0.507 e. The standard InChI is InChI=1S/C26H29F4N3O4S/c27-17-12-21(25(32-14-17)37-19-7-9-38-10-8-19)23(35)31-13-15-1-4-18(5-2-15)33-24(36)20-11-16(26(28,29)30)3-6-22(20)34/h3,6,11-12,14-15,18-19,34H,1-2,4-5,7-10,13H2,(H,31,35)(H,33,36). The number of hydrogen-bond donors (Lipinski definition) is 3. The maximum Gasteiger partial charge on any atom is 0.416 e. The molecule has 2 aromatic rings. The minimum absolute atomic E-state index is 0.0464. The zero-order valence-corrected chi connectivity index (χ0v) is 21.3. The maximum atomic E-state index is 13.8. The Kier molecular flexibility index (Phi) is 9.01. The lowest BCUT2D eigenvalue weighted by Gasteiger charge is -2.29. The van der Waals surface area contributed by atoms with Gasteiger partial charge in [0.15, 0.2) is 0 Å². The lowest BCUT2D eigenvalue weighted by atomic mass is 9.85. The Morgan fingerprint density at radius 1 is 1.03 bits per heavy atom. The number of nitrogens with zero attached hydrogens (tertiary/aromatic N) is 1. The van der Waals surface area contributed by atoms with Crippen LogP contribution in [0.4, 0.5) is 17.6 Å². The second-order valence-corrected chi connectivity index (χ2v) is 10.8. The molecule has 4 rings (SSSR count). The number of carbonyl (C=O) groups excluding carboxylic acids is 2. The van der Waals surface area contributed by atoms with Crippen LogP contribution in [0.3, 0.4) is 0 Å². The summed E-state index contributed by atoms with van der Waals surface area (Å²) in [7, 11) is 0. The molecule has 1 aliphatic carbocycles. The number of ether oxygens (including phenoxy) is 1. The molecule has 2 aliphatic rings. The van der Waals surface area contributed by atoms with Crippen LogP contribution in [0.2, 0.25) is 0 Å².